The zero-order valence-electron chi connectivity index (χ0n) is 14.7. The van der Waals surface area contributed by atoms with Gasteiger partial charge in [-0.15, -0.1) is 0 Å². The zero-order chi connectivity index (χ0) is 17.0. The van der Waals surface area contributed by atoms with E-state index >= 15 is 0 Å². The number of hydrogen-bond acceptors (Lipinski definition) is 4. The first-order valence-electron chi connectivity index (χ1n) is 9.08. The van der Waals surface area contributed by atoms with Gasteiger partial charge in [-0.3, -0.25) is 4.79 Å². The molecule has 2 aliphatic rings. The van der Waals surface area contributed by atoms with Gasteiger partial charge in [0.05, 0.1) is 5.25 Å². The Morgan fingerprint density at radius 2 is 1.78 bits per heavy atom. The van der Waals surface area contributed by atoms with Gasteiger partial charge in [0.2, 0.25) is 5.91 Å². The van der Waals surface area contributed by atoms with E-state index in [1.807, 2.05) is 13.8 Å². The van der Waals surface area contributed by atoms with Crippen molar-refractivity contribution in [3.63, 3.8) is 0 Å². The van der Waals surface area contributed by atoms with Gasteiger partial charge < -0.3 is 10.6 Å². The number of piperidine rings is 1. The fourth-order valence-corrected chi connectivity index (χ4v) is 6.46. The average molecular weight is 345 g/mol. The van der Waals surface area contributed by atoms with Crippen molar-refractivity contribution in [1.29, 1.82) is 0 Å². The topological polar surface area (TPSA) is 75.3 Å². The predicted molar refractivity (Wildman–Crippen MR) is 93.0 cm³/mol. The van der Waals surface area contributed by atoms with E-state index in [2.05, 4.69) is 17.6 Å². The second-order valence-corrected chi connectivity index (χ2v) is 9.95. The van der Waals surface area contributed by atoms with E-state index in [0.717, 1.165) is 38.8 Å². The summed E-state index contributed by atoms with van der Waals surface area (Å²) >= 11 is 0. The Labute approximate surface area is 140 Å². The molecule has 0 aromatic heterocycles. The fourth-order valence-electron chi connectivity index (χ4n) is 3.93. The van der Waals surface area contributed by atoms with E-state index in [1.54, 1.807) is 0 Å². The summed E-state index contributed by atoms with van der Waals surface area (Å²) in [4.78, 5) is 12.8. The summed E-state index contributed by atoms with van der Waals surface area (Å²) in [5.74, 6) is -0.152. The first-order chi connectivity index (χ1) is 10.8. The first-order valence-corrected chi connectivity index (χ1v) is 10.7. The summed E-state index contributed by atoms with van der Waals surface area (Å²) < 4.78 is 26.0. The van der Waals surface area contributed by atoms with Crippen molar-refractivity contribution in [2.24, 2.45) is 11.8 Å². The molecule has 1 aliphatic carbocycles. The maximum Gasteiger partial charge on any atom is 0.238 e. The van der Waals surface area contributed by atoms with E-state index in [0.29, 0.717) is 18.8 Å². The third-order valence-electron chi connectivity index (χ3n) is 5.35. The van der Waals surface area contributed by atoms with Gasteiger partial charge in [-0.25, -0.2) is 8.42 Å². The lowest BCUT2D eigenvalue weighted by atomic mass is 9.95. The van der Waals surface area contributed by atoms with Crippen LogP contribution in [0.5, 0.6) is 0 Å². The fraction of sp³-hybridized carbons (Fsp3) is 0.941. The second kappa shape index (κ2) is 7.97. The van der Waals surface area contributed by atoms with Crippen molar-refractivity contribution in [2.45, 2.75) is 75.8 Å². The molecule has 2 N–H and O–H groups in total. The number of sulfone groups is 1. The lowest BCUT2D eigenvalue weighted by Gasteiger charge is -2.33. The number of rotatable bonds is 5. The Morgan fingerprint density at radius 3 is 2.35 bits per heavy atom. The average Bonchev–Trinajstić information content (AvgIpc) is 2.50. The van der Waals surface area contributed by atoms with Crippen molar-refractivity contribution in [2.75, 3.05) is 13.1 Å². The summed E-state index contributed by atoms with van der Waals surface area (Å²) in [6.07, 6.45) is 5.31. The highest BCUT2D eigenvalue weighted by Crippen LogP contribution is 2.29. The molecule has 3 unspecified atom stereocenters. The Hall–Kier alpha value is -0.620. The van der Waals surface area contributed by atoms with Crippen LogP contribution in [0, 0.1) is 11.8 Å². The van der Waals surface area contributed by atoms with Gasteiger partial charge in [-0.05, 0) is 44.2 Å². The van der Waals surface area contributed by atoms with E-state index in [-0.39, 0.29) is 23.1 Å². The molecule has 0 bridgehead atoms. The minimum Gasteiger partial charge on any atom is -0.352 e. The third-order valence-corrected chi connectivity index (χ3v) is 8.21. The van der Waals surface area contributed by atoms with Crippen LogP contribution in [0.25, 0.3) is 0 Å². The van der Waals surface area contributed by atoms with Crippen molar-refractivity contribution in [3.05, 3.63) is 0 Å². The summed E-state index contributed by atoms with van der Waals surface area (Å²) in [6.45, 7) is 7.52. The largest absolute Gasteiger partial charge is 0.352 e. The van der Waals surface area contributed by atoms with Crippen molar-refractivity contribution in [3.8, 4) is 0 Å². The molecule has 6 heteroatoms. The number of amides is 1. The van der Waals surface area contributed by atoms with Gasteiger partial charge in [-0.2, -0.15) is 0 Å². The van der Waals surface area contributed by atoms with Crippen molar-refractivity contribution >= 4 is 15.7 Å². The molecule has 2 rings (SSSR count). The molecule has 1 aliphatic heterocycles. The minimum absolute atomic E-state index is 0.0755. The Morgan fingerprint density at radius 1 is 1.13 bits per heavy atom. The molecule has 3 atom stereocenters. The van der Waals surface area contributed by atoms with Gasteiger partial charge >= 0.3 is 0 Å². The van der Waals surface area contributed by atoms with Crippen LogP contribution in [0.2, 0.25) is 0 Å². The molecule has 0 spiro atoms. The molecule has 1 saturated heterocycles. The van der Waals surface area contributed by atoms with Crippen LogP contribution >= 0.6 is 0 Å². The molecule has 1 heterocycles. The minimum atomic E-state index is -3.42. The molecular formula is C17H32N2O3S. The monoisotopic (exact) mass is 344 g/mol. The number of carbonyl (C=O) groups excluding carboxylic acids is 1. The summed E-state index contributed by atoms with van der Waals surface area (Å²) in [7, 11) is -3.42. The van der Waals surface area contributed by atoms with E-state index in [4.69, 9.17) is 0 Å². The van der Waals surface area contributed by atoms with E-state index in [9.17, 15) is 13.2 Å². The molecule has 5 nitrogen and oxygen atoms in total. The van der Waals surface area contributed by atoms with E-state index in [1.165, 1.54) is 0 Å². The number of hydrogen-bond donors (Lipinski definition) is 2. The number of nitrogens with one attached hydrogen (secondary N) is 2. The first kappa shape index (κ1) is 18.7. The van der Waals surface area contributed by atoms with Gasteiger partial charge in [0, 0.05) is 6.04 Å². The van der Waals surface area contributed by atoms with Crippen LogP contribution in [-0.4, -0.2) is 44.0 Å². The van der Waals surface area contributed by atoms with Crippen molar-refractivity contribution in [1.82, 2.24) is 10.6 Å². The standard InChI is InChI=1S/C17H32N2O3S/c1-12(2)16(23(21,22)14-7-5-4-6-8-14)17(20)19-15-9-10-18-11-13(15)3/h12-16,18H,4-11H2,1-3H3,(H,19,20). The van der Waals surface area contributed by atoms with Crippen LogP contribution in [0.4, 0.5) is 0 Å². The van der Waals surface area contributed by atoms with Crippen molar-refractivity contribution < 1.29 is 13.2 Å². The highest BCUT2D eigenvalue weighted by molar-refractivity contribution is 7.93. The van der Waals surface area contributed by atoms with Crippen LogP contribution < -0.4 is 10.6 Å². The molecule has 2 fully saturated rings. The van der Waals surface area contributed by atoms with Gasteiger partial charge in [0.25, 0.3) is 0 Å². The van der Waals surface area contributed by atoms with Crippen LogP contribution in [0.15, 0.2) is 0 Å². The predicted octanol–water partition coefficient (Wildman–Crippen LogP) is 1.87. The van der Waals surface area contributed by atoms with Gasteiger partial charge in [-0.1, -0.05) is 40.0 Å². The third kappa shape index (κ3) is 4.47. The normalized spacial score (nSPS) is 28.5. The zero-order valence-corrected chi connectivity index (χ0v) is 15.5. The smallest absolute Gasteiger partial charge is 0.238 e. The maximum atomic E-state index is 13.0. The van der Waals surface area contributed by atoms with Gasteiger partial charge in [0.15, 0.2) is 9.84 Å². The highest BCUT2D eigenvalue weighted by Gasteiger charge is 2.42. The molecule has 0 radical (unpaired) electrons. The molecule has 0 aromatic carbocycles. The maximum absolute atomic E-state index is 13.0. The molecule has 23 heavy (non-hydrogen) atoms. The van der Waals surface area contributed by atoms with E-state index < -0.39 is 15.1 Å². The quantitative estimate of drug-likeness (QED) is 0.798. The Bertz CT molecular complexity index is 498. The second-order valence-electron chi connectivity index (χ2n) is 7.60. The van der Waals surface area contributed by atoms with Crippen LogP contribution in [-0.2, 0) is 14.6 Å². The molecule has 1 saturated carbocycles. The SMILES string of the molecule is CC(C)C(C(=O)NC1CCNCC1C)S(=O)(=O)C1CCCCC1. The Kier molecular flexibility index (Phi) is 6.48. The lowest BCUT2D eigenvalue weighted by molar-refractivity contribution is -0.122. The summed E-state index contributed by atoms with van der Waals surface area (Å²) in [5.41, 5.74) is 0. The van der Waals surface area contributed by atoms with Crippen LogP contribution in [0.3, 0.4) is 0 Å². The van der Waals surface area contributed by atoms with Crippen LogP contribution in [0.1, 0.15) is 59.3 Å². The van der Waals surface area contributed by atoms with Gasteiger partial charge in [0.1, 0.15) is 5.25 Å². The lowest BCUT2D eigenvalue weighted by Crippen LogP contribution is -2.54. The Balaban J connectivity index is 2.11. The molecule has 1 amide bonds. The number of carbonyl (C=O) groups is 1. The molecule has 0 aromatic rings. The summed E-state index contributed by atoms with van der Waals surface area (Å²) in [5, 5.41) is 5.10. The summed E-state index contributed by atoms with van der Waals surface area (Å²) in [6, 6.07) is 0.0755. The molecular weight excluding hydrogens is 312 g/mol. The highest BCUT2D eigenvalue weighted by atomic mass is 32.2. The molecule has 134 valence electrons.